The molecule has 0 saturated heterocycles. The van der Waals surface area contributed by atoms with E-state index in [1.165, 1.54) is 7.11 Å². The molecule has 1 unspecified atom stereocenters. The molecule has 4 rings (SSSR count). The number of rotatable bonds is 5. The van der Waals surface area contributed by atoms with Crippen LogP contribution in [0.5, 0.6) is 5.88 Å². The lowest BCUT2D eigenvalue weighted by atomic mass is 9.94. The number of aromatic nitrogens is 2. The van der Waals surface area contributed by atoms with Gasteiger partial charge in [0.1, 0.15) is 17.6 Å². The molecule has 3 heterocycles. The Balaban J connectivity index is 1.78. The van der Waals surface area contributed by atoms with Crippen LogP contribution in [-0.4, -0.2) is 27.9 Å². The molecule has 1 atom stereocenters. The second-order valence-corrected chi connectivity index (χ2v) is 7.72. The number of fused-ring (bicyclic) bond motifs is 1. The van der Waals surface area contributed by atoms with Crippen LogP contribution in [0.2, 0.25) is 5.02 Å². The average Bonchev–Trinajstić information content (AvgIpc) is 3.01. The maximum atomic E-state index is 14.7. The minimum absolute atomic E-state index is 0.0101. The predicted molar refractivity (Wildman–Crippen MR) is 112 cm³/mol. The molecule has 0 bridgehead atoms. The molecule has 3 aromatic rings. The number of nitrogens with zero attached hydrogens (tertiary/aromatic N) is 4. The Morgan fingerprint density at radius 2 is 2.10 bits per heavy atom. The van der Waals surface area contributed by atoms with Crippen LogP contribution in [0.15, 0.2) is 42.7 Å². The van der Waals surface area contributed by atoms with Gasteiger partial charge in [0.25, 0.3) is 5.91 Å². The van der Waals surface area contributed by atoms with Crippen molar-refractivity contribution in [1.82, 2.24) is 14.9 Å². The van der Waals surface area contributed by atoms with Gasteiger partial charge in [-0.25, -0.2) is 14.4 Å². The van der Waals surface area contributed by atoms with Gasteiger partial charge < -0.3 is 9.64 Å². The van der Waals surface area contributed by atoms with E-state index in [4.69, 9.17) is 16.3 Å². The zero-order chi connectivity index (χ0) is 22.1. The lowest BCUT2D eigenvalue weighted by Gasteiger charge is -2.26. The maximum Gasteiger partial charge on any atom is 0.258 e. The average molecular weight is 437 g/mol. The van der Waals surface area contributed by atoms with E-state index in [2.05, 4.69) is 16.0 Å². The van der Waals surface area contributed by atoms with Crippen LogP contribution in [0.25, 0.3) is 0 Å². The van der Waals surface area contributed by atoms with Crippen molar-refractivity contribution in [2.45, 2.75) is 25.9 Å². The third kappa shape index (κ3) is 3.82. The summed E-state index contributed by atoms with van der Waals surface area (Å²) in [6, 6.07) is 9.68. The van der Waals surface area contributed by atoms with Crippen LogP contribution < -0.4 is 4.74 Å². The molecule has 0 saturated carbocycles. The normalized spacial score (nSPS) is 15.0. The summed E-state index contributed by atoms with van der Waals surface area (Å²) in [5.74, 6) is -0.625. The Hall–Kier alpha value is -3.50. The molecule has 1 amide bonds. The highest BCUT2D eigenvalue weighted by Crippen LogP contribution is 2.40. The van der Waals surface area contributed by atoms with Gasteiger partial charge in [0, 0.05) is 36.4 Å². The minimum Gasteiger partial charge on any atom is -0.481 e. The van der Waals surface area contributed by atoms with Gasteiger partial charge in [-0.3, -0.25) is 4.79 Å². The first-order chi connectivity index (χ1) is 14.9. The van der Waals surface area contributed by atoms with Crippen molar-refractivity contribution in [2.24, 2.45) is 0 Å². The van der Waals surface area contributed by atoms with Gasteiger partial charge in [-0.05, 0) is 47.4 Å². The molecule has 8 heteroatoms. The summed E-state index contributed by atoms with van der Waals surface area (Å²) in [6.45, 7) is 2.10. The molecular formula is C23H18ClFN4O2. The molecule has 0 spiro atoms. The molecular weight excluding hydrogens is 419 g/mol. The van der Waals surface area contributed by atoms with Gasteiger partial charge in [0.2, 0.25) is 5.88 Å². The molecule has 0 radical (unpaired) electrons. The number of nitriles is 1. The maximum absolute atomic E-state index is 14.7. The van der Waals surface area contributed by atoms with Crippen LogP contribution in [0, 0.1) is 24.1 Å². The Morgan fingerprint density at radius 3 is 2.77 bits per heavy atom. The van der Waals surface area contributed by atoms with Crippen molar-refractivity contribution in [2.75, 3.05) is 7.11 Å². The molecule has 1 aliphatic heterocycles. The zero-order valence-electron chi connectivity index (χ0n) is 16.9. The minimum atomic E-state index is -0.656. The van der Waals surface area contributed by atoms with Gasteiger partial charge in [-0.1, -0.05) is 17.7 Å². The first-order valence-corrected chi connectivity index (χ1v) is 9.94. The van der Waals surface area contributed by atoms with E-state index in [9.17, 15) is 14.4 Å². The van der Waals surface area contributed by atoms with E-state index >= 15 is 0 Å². The number of carbonyl (C=O) groups is 1. The highest BCUT2D eigenvalue weighted by atomic mass is 35.5. The van der Waals surface area contributed by atoms with Gasteiger partial charge in [-0.15, -0.1) is 0 Å². The Kier molecular flexibility index (Phi) is 5.57. The van der Waals surface area contributed by atoms with Crippen molar-refractivity contribution < 1.29 is 13.9 Å². The van der Waals surface area contributed by atoms with Crippen molar-refractivity contribution in [3.05, 3.63) is 87.1 Å². The fraction of sp³-hybridized carbons (Fsp3) is 0.217. The van der Waals surface area contributed by atoms with Gasteiger partial charge in [0.05, 0.1) is 18.7 Å². The largest absolute Gasteiger partial charge is 0.481 e. The number of hydrogen-bond acceptors (Lipinski definition) is 5. The fourth-order valence-corrected chi connectivity index (χ4v) is 4.11. The van der Waals surface area contributed by atoms with Crippen molar-refractivity contribution in [3.63, 3.8) is 0 Å². The summed E-state index contributed by atoms with van der Waals surface area (Å²) >= 11 is 6.12. The van der Waals surface area contributed by atoms with E-state index in [1.54, 1.807) is 35.5 Å². The van der Waals surface area contributed by atoms with Crippen LogP contribution in [0.3, 0.4) is 0 Å². The summed E-state index contributed by atoms with van der Waals surface area (Å²) in [6.07, 6.45) is 3.50. The monoisotopic (exact) mass is 436 g/mol. The van der Waals surface area contributed by atoms with Crippen LogP contribution in [-0.2, 0) is 13.0 Å². The first-order valence-electron chi connectivity index (χ1n) is 9.56. The first kappa shape index (κ1) is 20.8. The second kappa shape index (κ2) is 8.32. The quantitative estimate of drug-likeness (QED) is 0.592. The molecule has 2 aromatic heterocycles. The van der Waals surface area contributed by atoms with Crippen molar-refractivity contribution in [3.8, 4) is 11.9 Å². The third-order valence-electron chi connectivity index (χ3n) is 5.45. The Morgan fingerprint density at radius 1 is 1.29 bits per heavy atom. The van der Waals surface area contributed by atoms with E-state index in [-0.39, 0.29) is 22.8 Å². The SMILES string of the molecule is COc1ccc(CN2C(=O)c3c(F)cc(Cl)cc3C2Cc2c(C)ccnc2C#N)cn1. The van der Waals surface area contributed by atoms with Gasteiger partial charge >= 0.3 is 0 Å². The predicted octanol–water partition coefficient (Wildman–Crippen LogP) is 4.40. The number of carbonyl (C=O) groups excluding carboxylic acids is 1. The smallest absolute Gasteiger partial charge is 0.258 e. The van der Waals surface area contributed by atoms with Crippen LogP contribution in [0.1, 0.15) is 44.3 Å². The molecule has 0 fully saturated rings. The summed E-state index contributed by atoms with van der Waals surface area (Å²) in [7, 11) is 1.52. The summed E-state index contributed by atoms with van der Waals surface area (Å²) in [4.78, 5) is 23.1. The molecule has 0 aliphatic carbocycles. The highest BCUT2D eigenvalue weighted by molar-refractivity contribution is 6.30. The number of aryl methyl sites for hydroxylation is 1. The van der Waals surface area contributed by atoms with E-state index in [1.807, 2.05) is 13.0 Å². The van der Waals surface area contributed by atoms with Gasteiger partial charge in [-0.2, -0.15) is 5.26 Å². The number of amides is 1. The summed E-state index contributed by atoms with van der Waals surface area (Å²) in [5, 5.41) is 9.72. The number of halogens is 2. The number of benzene rings is 1. The lowest BCUT2D eigenvalue weighted by molar-refractivity contribution is 0.0706. The fourth-order valence-electron chi connectivity index (χ4n) is 3.90. The van der Waals surface area contributed by atoms with Crippen LogP contribution >= 0.6 is 11.6 Å². The molecule has 156 valence electrons. The molecule has 0 N–H and O–H groups in total. The molecule has 1 aromatic carbocycles. The molecule has 1 aliphatic rings. The van der Waals surface area contributed by atoms with E-state index < -0.39 is 17.8 Å². The molecule has 31 heavy (non-hydrogen) atoms. The Bertz CT molecular complexity index is 1210. The highest BCUT2D eigenvalue weighted by Gasteiger charge is 2.39. The van der Waals surface area contributed by atoms with Crippen molar-refractivity contribution >= 4 is 17.5 Å². The standard InChI is InChI=1S/C23H18ClFN4O2/c1-13-5-6-27-19(10-26)16(13)9-20-17-7-15(24)8-18(25)22(17)23(30)29(20)12-14-3-4-21(31-2)28-11-14/h3-8,11,20H,9,12H2,1-2H3. The third-order valence-corrected chi connectivity index (χ3v) is 5.67. The number of ether oxygens (including phenoxy) is 1. The zero-order valence-corrected chi connectivity index (χ0v) is 17.7. The van der Waals surface area contributed by atoms with E-state index in [0.717, 1.165) is 17.2 Å². The van der Waals surface area contributed by atoms with Crippen molar-refractivity contribution in [1.29, 1.82) is 5.26 Å². The van der Waals surface area contributed by atoms with Gasteiger partial charge in [0.15, 0.2) is 0 Å². The topological polar surface area (TPSA) is 79.1 Å². The number of hydrogen-bond donors (Lipinski definition) is 0. The van der Waals surface area contributed by atoms with E-state index in [0.29, 0.717) is 23.4 Å². The summed E-state index contributed by atoms with van der Waals surface area (Å²) < 4.78 is 19.8. The number of methoxy groups -OCH3 is 1. The van der Waals surface area contributed by atoms with Crippen LogP contribution in [0.4, 0.5) is 4.39 Å². The number of pyridine rings is 2. The second-order valence-electron chi connectivity index (χ2n) is 7.28. The summed E-state index contributed by atoms with van der Waals surface area (Å²) in [5.41, 5.74) is 3.16. The Labute approximate surface area is 183 Å². The lowest BCUT2D eigenvalue weighted by Crippen LogP contribution is -2.29. The molecule has 6 nitrogen and oxygen atoms in total.